The second-order valence-corrected chi connectivity index (χ2v) is 8.70. The number of H-pyrrole nitrogens is 1. The molecule has 6 N–H and O–H groups in total. The Morgan fingerprint density at radius 2 is 1.94 bits per heavy atom. The maximum absolute atomic E-state index is 13.7. The molecule has 12 heteroatoms. The van der Waals surface area contributed by atoms with Crippen LogP contribution in [0.1, 0.15) is 16.9 Å². The van der Waals surface area contributed by atoms with Gasteiger partial charge in [-0.2, -0.15) is 0 Å². The van der Waals surface area contributed by atoms with Crippen molar-refractivity contribution in [1.82, 2.24) is 20.1 Å². The van der Waals surface area contributed by atoms with Gasteiger partial charge in [-0.3, -0.25) is 9.69 Å². The van der Waals surface area contributed by atoms with Gasteiger partial charge in [-0.25, -0.2) is 13.6 Å². The Morgan fingerprint density at radius 3 is 2.57 bits per heavy atom. The number of benzene rings is 1. The van der Waals surface area contributed by atoms with Crippen LogP contribution < -0.4 is 26.6 Å². The summed E-state index contributed by atoms with van der Waals surface area (Å²) in [5.74, 6) is -2.74. The number of aromatic amines is 1. The number of fused-ring (bicyclic) bond motifs is 1. The van der Waals surface area contributed by atoms with E-state index in [0.29, 0.717) is 29.6 Å². The van der Waals surface area contributed by atoms with Gasteiger partial charge < -0.3 is 36.5 Å². The van der Waals surface area contributed by atoms with Crippen LogP contribution in [0.15, 0.2) is 54.4 Å². The standard InChI is InChI=1S/C23H26F2N8O2/c1-28-22(35)31-8-6-16(10-19(31)27)33-13-32(15-4-2-14(26)3-5-15)18-11-17(29-20(18)33)21(34)30-9-7-23(24,25)12-30/h2-6,8,10-11,19,29H,7,9,12-13,26-27H2,1H3,(H,28,35). The maximum Gasteiger partial charge on any atom is 0.322 e. The first-order valence-corrected chi connectivity index (χ1v) is 11.1. The van der Waals surface area contributed by atoms with Crippen molar-refractivity contribution in [3.05, 3.63) is 60.1 Å². The summed E-state index contributed by atoms with van der Waals surface area (Å²) in [4.78, 5) is 34.6. The first-order chi connectivity index (χ1) is 16.7. The molecule has 0 saturated carbocycles. The number of anilines is 4. The van der Waals surface area contributed by atoms with Gasteiger partial charge in [-0.1, -0.05) is 0 Å². The fourth-order valence-electron chi connectivity index (χ4n) is 4.49. The number of nitrogens with two attached hydrogens (primary N) is 2. The largest absolute Gasteiger partial charge is 0.399 e. The zero-order valence-corrected chi connectivity index (χ0v) is 19.0. The molecule has 1 aromatic carbocycles. The van der Waals surface area contributed by atoms with Gasteiger partial charge in [0.15, 0.2) is 0 Å². The van der Waals surface area contributed by atoms with Crippen molar-refractivity contribution in [1.29, 1.82) is 0 Å². The van der Waals surface area contributed by atoms with Crippen molar-refractivity contribution in [2.75, 3.05) is 42.3 Å². The molecular formula is C23H26F2N8O2. The van der Waals surface area contributed by atoms with Gasteiger partial charge in [0, 0.05) is 43.3 Å². The molecule has 1 aromatic heterocycles. The highest BCUT2D eigenvalue weighted by Crippen LogP contribution is 2.43. The normalized spacial score (nSPS) is 20.8. The van der Waals surface area contributed by atoms with Crippen LogP contribution in [0.2, 0.25) is 0 Å². The van der Waals surface area contributed by atoms with Crippen molar-refractivity contribution in [3.63, 3.8) is 0 Å². The number of hydrogen-bond donors (Lipinski definition) is 4. The molecule has 2 aromatic rings. The number of hydrogen-bond acceptors (Lipinski definition) is 6. The van der Waals surface area contributed by atoms with Gasteiger partial charge >= 0.3 is 6.03 Å². The molecule has 5 rings (SSSR count). The lowest BCUT2D eigenvalue weighted by atomic mass is 10.2. The van der Waals surface area contributed by atoms with Gasteiger partial charge in [0.25, 0.3) is 11.8 Å². The van der Waals surface area contributed by atoms with Crippen LogP contribution in [0.3, 0.4) is 0 Å². The number of amides is 3. The number of nitrogen functional groups attached to an aromatic ring is 1. The molecular weight excluding hydrogens is 458 g/mol. The zero-order valence-electron chi connectivity index (χ0n) is 19.0. The highest BCUT2D eigenvalue weighted by molar-refractivity contribution is 5.97. The number of nitrogens with zero attached hydrogens (tertiary/aromatic N) is 4. The molecule has 3 amide bonds. The number of carbonyl (C=O) groups excluding carboxylic acids is 2. The van der Waals surface area contributed by atoms with Crippen molar-refractivity contribution >= 4 is 34.8 Å². The summed E-state index contributed by atoms with van der Waals surface area (Å²) >= 11 is 0. The third kappa shape index (κ3) is 4.05. The van der Waals surface area contributed by atoms with Crippen LogP contribution >= 0.6 is 0 Å². The van der Waals surface area contributed by atoms with Crippen LogP contribution in [-0.2, 0) is 0 Å². The number of aromatic nitrogens is 1. The fraction of sp³-hybridized carbons (Fsp3) is 0.304. The highest BCUT2D eigenvalue weighted by Gasteiger charge is 2.42. The Morgan fingerprint density at radius 1 is 1.20 bits per heavy atom. The van der Waals surface area contributed by atoms with Crippen molar-refractivity contribution in [2.45, 2.75) is 18.5 Å². The van der Waals surface area contributed by atoms with Gasteiger partial charge in [-0.05, 0) is 42.5 Å². The van der Waals surface area contributed by atoms with Gasteiger partial charge in [0.05, 0.1) is 12.2 Å². The topological polar surface area (TPSA) is 127 Å². The van der Waals surface area contributed by atoms with E-state index in [1.807, 2.05) is 21.9 Å². The minimum atomic E-state index is -2.88. The van der Waals surface area contributed by atoms with E-state index in [-0.39, 0.29) is 24.7 Å². The third-order valence-electron chi connectivity index (χ3n) is 6.34. The molecule has 1 fully saturated rings. The van der Waals surface area contributed by atoms with Crippen molar-refractivity contribution in [2.24, 2.45) is 5.73 Å². The van der Waals surface area contributed by atoms with E-state index in [9.17, 15) is 18.4 Å². The lowest BCUT2D eigenvalue weighted by molar-refractivity contribution is 0.0119. The number of alkyl halides is 2. The van der Waals surface area contributed by atoms with Gasteiger partial charge in [0.1, 0.15) is 24.3 Å². The molecule has 184 valence electrons. The Balaban J connectivity index is 1.49. The summed E-state index contributed by atoms with van der Waals surface area (Å²) in [6.45, 7) is -0.206. The first kappa shape index (κ1) is 22.7. The molecule has 10 nitrogen and oxygen atoms in total. The molecule has 1 atom stereocenters. The summed E-state index contributed by atoms with van der Waals surface area (Å²) in [6.07, 6.45) is 4.02. The summed E-state index contributed by atoms with van der Waals surface area (Å²) in [5, 5.41) is 2.54. The minimum absolute atomic E-state index is 0.00101. The van der Waals surface area contributed by atoms with Gasteiger partial charge in [-0.15, -0.1) is 0 Å². The zero-order chi connectivity index (χ0) is 24.9. The smallest absolute Gasteiger partial charge is 0.322 e. The summed E-state index contributed by atoms with van der Waals surface area (Å²) in [7, 11) is 1.52. The molecule has 1 unspecified atom stereocenters. The van der Waals surface area contributed by atoms with Crippen molar-refractivity contribution < 1.29 is 18.4 Å². The average molecular weight is 485 g/mol. The average Bonchev–Trinajstić information content (AvgIpc) is 3.51. The maximum atomic E-state index is 13.7. The Labute approximate surface area is 200 Å². The van der Waals surface area contributed by atoms with E-state index in [1.54, 1.807) is 36.6 Å². The monoisotopic (exact) mass is 484 g/mol. The number of urea groups is 1. The number of nitrogens with one attached hydrogen (secondary N) is 2. The molecule has 0 aliphatic carbocycles. The van der Waals surface area contributed by atoms with Crippen LogP contribution in [0.4, 0.5) is 36.5 Å². The second-order valence-electron chi connectivity index (χ2n) is 8.70. The lowest BCUT2D eigenvalue weighted by Gasteiger charge is -2.30. The van der Waals surface area contributed by atoms with E-state index in [0.717, 1.165) is 10.6 Å². The molecule has 4 heterocycles. The van der Waals surface area contributed by atoms with Crippen LogP contribution in [-0.4, -0.2) is 65.6 Å². The van der Waals surface area contributed by atoms with E-state index in [4.69, 9.17) is 11.5 Å². The second kappa shape index (κ2) is 8.31. The van der Waals surface area contributed by atoms with Crippen LogP contribution in [0, 0.1) is 0 Å². The number of carbonyl (C=O) groups is 2. The lowest BCUT2D eigenvalue weighted by Crippen LogP contribution is -2.47. The Hall–Kier alpha value is -4.06. The molecule has 35 heavy (non-hydrogen) atoms. The van der Waals surface area contributed by atoms with Gasteiger partial charge in [0.2, 0.25) is 0 Å². The molecule has 0 radical (unpaired) electrons. The van der Waals surface area contributed by atoms with E-state index < -0.39 is 24.5 Å². The third-order valence-corrected chi connectivity index (χ3v) is 6.34. The van der Waals surface area contributed by atoms with Crippen LogP contribution in [0.25, 0.3) is 0 Å². The number of likely N-dealkylation sites (tertiary alicyclic amines) is 1. The number of rotatable bonds is 3. The highest BCUT2D eigenvalue weighted by atomic mass is 19.3. The first-order valence-electron chi connectivity index (χ1n) is 11.1. The molecule has 0 bridgehead atoms. The summed E-state index contributed by atoms with van der Waals surface area (Å²) in [6, 6.07) is 8.61. The summed E-state index contributed by atoms with van der Waals surface area (Å²) in [5.41, 5.74) is 15.1. The quantitative estimate of drug-likeness (QED) is 0.496. The predicted molar refractivity (Wildman–Crippen MR) is 128 cm³/mol. The Kier molecular flexibility index (Phi) is 5.39. The summed E-state index contributed by atoms with van der Waals surface area (Å²) < 4.78 is 27.4. The molecule has 3 aliphatic heterocycles. The molecule has 3 aliphatic rings. The fourth-order valence-corrected chi connectivity index (χ4v) is 4.49. The number of halogens is 2. The minimum Gasteiger partial charge on any atom is -0.399 e. The van der Waals surface area contributed by atoms with E-state index >= 15 is 0 Å². The van der Waals surface area contributed by atoms with E-state index in [1.165, 1.54) is 11.9 Å². The van der Waals surface area contributed by atoms with Crippen LogP contribution in [0.5, 0.6) is 0 Å². The molecule has 0 spiro atoms. The SMILES string of the molecule is CNC(=O)N1C=CC(N2CN(c3ccc(N)cc3)c3cc(C(=O)N4CCC(F)(F)C4)[nH]c32)=CC1N. The predicted octanol–water partition coefficient (Wildman–Crippen LogP) is 2.33. The van der Waals surface area contributed by atoms with Crippen molar-refractivity contribution in [3.8, 4) is 0 Å². The number of allylic oxidation sites excluding steroid dienone is 1. The van der Waals surface area contributed by atoms with E-state index in [2.05, 4.69) is 10.3 Å². The Bertz CT molecular complexity index is 1220. The molecule has 1 saturated heterocycles.